The maximum Gasteiger partial charge on any atom is 0.253 e. The molecule has 0 atom stereocenters. The molecule has 2 heterocycles. The third kappa shape index (κ3) is 4.40. The fraction of sp³-hybridized carbons (Fsp3) is 0.263. The fourth-order valence-electron chi connectivity index (χ4n) is 2.58. The van der Waals surface area contributed by atoms with E-state index in [0.717, 1.165) is 17.7 Å². The Labute approximate surface area is 159 Å². The quantitative estimate of drug-likeness (QED) is 0.654. The summed E-state index contributed by atoms with van der Waals surface area (Å²) in [5, 5.41) is 11.6. The van der Waals surface area contributed by atoms with Crippen molar-refractivity contribution in [1.29, 1.82) is 0 Å². The van der Waals surface area contributed by atoms with Crippen LogP contribution in [0.5, 0.6) is 0 Å². The Kier molecular flexibility index (Phi) is 4.97. The number of benzene rings is 1. The monoisotopic (exact) mass is 382 g/mol. The molecule has 4 rings (SSSR count). The van der Waals surface area contributed by atoms with Crippen LogP contribution in [0.15, 0.2) is 46.3 Å². The normalized spacial score (nSPS) is 13.3. The lowest BCUT2D eigenvalue weighted by atomic mass is 10.1. The number of nitrogens with one attached hydrogen (secondary N) is 2. The van der Waals surface area contributed by atoms with Crippen LogP contribution < -0.4 is 10.6 Å². The molecule has 2 aromatic heterocycles. The lowest BCUT2D eigenvalue weighted by molar-refractivity contribution is -0.116. The number of carbonyl (C=O) groups is 2. The van der Waals surface area contributed by atoms with E-state index in [1.807, 2.05) is 17.5 Å². The second-order valence-electron chi connectivity index (χ2n) is 6.33. The maximum absolute atomic E-state index is 12.3. The van der Waals surface area contributed by atoms with Gasteiger partial charge in [-0.3, -0.25) is 9.59 Å². The summed E-state index contributed by atoms with van der Waals surface area (Å²) < 4.78 is 5.20. The van der Waals surface area contributed by atoms with Crippen LogP contribution in [0.1, 0.15) is 35.5 Å². The first kappa shape index (κ1) is 17.4. The summed E-state index contributed by atoms with van der Waals surface area (Å²) in [4.78, 5) is 29.8. The van der Waals surface area contributed by atoms with E-state index in [4.69, 9.17) is 4.52 Å². The summed E-state index contributed by atoms with van der Waals surface area (Å²) in [7, 11) is 0. The van der Waals surface area contributed by atoms with Crippen molar-refractivity contribution in [2.75, 3.05) is 5.32 Å². The van der Waals surface area contributed by atoms with Gasteiger partial charge in [0.05, 0.1) is 16.1 Å². The number of aryl methyl sites for hydroxylation is 1. The molecule has 0 radical (unpaired) electrons. The average Bonchev–Trinajstić information content (AvgIpc) is 3.13. The first-order valence-electron chi connectivity index (χ1n) is 8.75. The molecule has 1 fully saturated rings. The van der Waals surface area contributed by atoms with E-state index in [2.05, 4.69) is 20.8 Å². The van der Waals surface area contributed by atoms with Gasteiger partial charge < -0.3 is 15.2 Å². The molecule has 0 unspecified atom stereocenters. The largest absolute Gasteiger partial charge is 0.349 e. The topological polar surface area (TPSA) is 97.1 Å². The standard InChI is InChI=1S/C19H18N4O3S/c24-16(9-10-17-22-18(23-26-17)15-6-3-11-27-15)21-14-5-2-1-4-13(14)19(25)20-12-7-8-12/h1-6,11-12H,7-10H2,(H,20,25)(H,21,24). The first-order chi connectivity index (χ1) is 13.2. The van der Waals surface area contributed by atoms with E-state index in [1.54, 1.807) is 24.3 Å². The molecule has 0 aliphatic heterocycles. The van der Waals surface area contributed by atoms with E-state index in [-0.39, 0.29) is 24.3 Å². The minimum absolute atomic E-state index is 0.161. The van der Waals surface area contributed by atoms with E-state index < -0.39 is 0 Å². The molecular formula is C19H18N4O3S. The van der Waals surface area contributed by atoms with Crippen molar-refractivity contribution in [3.8, 4) is 10.7 Å². The van der Waals surface area contributed by atoms with Gasteiger partial charge in [-0.25, -0.2) is 0 Å². The van der Waals surface area contributed by atoms with Gasteiger partial charge in [0.25, 0.3) is 5.91 Å². The van der Waals surface area contributed by atoms with Crippen LogP contribution in [0.3, 0.4) is 0 Å². The van der Waals surface area contributed by atoms with E-state index in [0.29, 0.717) is 29.4 Å². The van der Waals surface area contributed by atoms with Crippen LogP contribution in [0, 0.1) is 0 Å². The van der Waals surface area contributed by atoms with Crippen LogP contribution in [0.2, 0.25) is 0 Å². The van der Waals surface area contributed by atoms with Gasteiger partial charge in [0.1, 0.15) is 0 Å². The van der Waals surface area contributed by atoms with Crippen molar-refractivity contribution in [2.24, 2.45) is 0 Å². The number of rotatable bonds is 7. The van der Waals surface area contributed by atoms with Gasteiger partial charge in [0, 0.05) is 18.9 Å². The molecule has 138 valence electrons. The zero-order valence-electron chi connectivity index (χ0n) is 14.5. The summed E-state index contributed by atoms with van der Waals surface area (Å²) in [5.41, 5.74) is 0.973. The molecule has 27 heavy (non-hydrogen) atoms. The molecule has 1 aliphatic rings. The second-order valence-corrected chi connectivity index (χ2v) is 7.28. The highest BCUT2D eigenvalue weighted by Gasteiger charge is 2.25. The van der Waals surface area contributed by atoms with Crippen LogP contribution in [-0.4, -0.2) is 28.0 Å². The molecule has 0 bridgehead atoms. The Bertz CT molecular complexity index is 948. The Morgan fingerprint density at radius 1 is 1.19 bits per heavy atom. The van der Waals surface area contributed by atoms with E-state index >= 15 is 0 Å². The molecule has 3 aromatic rings. The van der Waals surface area contributed by atoms with Gasteiger partial charge in [0.2, 0.25) is 17.6 Å². The zero-order valence-corrected chi connectivity index (χ0v) is 15.3. The highest BCUT2D eigenvalue weighted by Crippen LogP contribution is 2.23. The zero-order chi connectivity index (χ0) is 18.6. The number of hydrogen-bond acceptors (Lipinski definition) is 6. The molecule has 1 saturated carbocycles. The molecule has 1 aromatic carbocycles. The maximum atomic E-state index is 12.3. The molecule has 1 aliphatic carbocycles. The third-order valence-electron chi connectivity index (χ3n) is 4.13. The first-order valence-corrected chi connectivity index (χ1v) is 9.63. The number of thiophene rings is 1. The summed E-state index contributed by atoms with van der Waals surface area (Å²) in [6.45, 7) is 0. The van der Waals surface area contributed by atoms with Gasteiger partial charge in [-0.2, -0.15) is 4.98 Å². The van der Waals surface area contributed by atoms with Crippen molar-refractivity contribution in [2.45, 2.75) is 31.7 Å². The second kappa shape index (κ2) is 7.71. The van der Waals surface area contributed by atoms with Crippen LogP contribution in [-0.2, 0) is 11.2 Å². The summed E-state index contributed by atoms with van der Waals surface area (Å²) in [6.07, 6.45) is 2.54. The van der Waals surface area contributed by atoms with E-state index in [9.17, 15) is 9.59 Å². The van der Waals surface area contributed by atoms with Gasteiger partial charge in [-0.05, 0) is 36.4 Å². The fourth-order valence-corrected chi connectivity index (χ4v) is 3.23. The van der Waals surface area contributed by atoms with Gasteiger partial charge in [0.15, 0.2) is 0 Å². The predicted octanol–water partition coefficient (Wildman–Crippen LogP) is 3.26. The highest BCUT2D eigenvalue weighted by molar-refractivity contribution is 7.13. The molecule has 0 saturated heterocycles. The Morgan fingerprint density at radius 2 is 2.04 bits per heavy atom. The molecule has 8 heteroatoms. The van der Waals surface area contributed by atoms with Crippen molar-refractivity contribution in [3.63, 3.8) is 0 Å². The molecule has 2 N–H and O–H groups in total. The van der Waals surface area contributed by atoms with Gasteiger partial charge >= 0.3 is 0 Å². The van der Waals surface area contributed by atoms with Crippen LogP contribution in [0.4, 0.5) is 5.69 Å². The Morgan fingerprint density at radius 3 is 2.81 bits per heavy atom. The van der Waals surface area contributed by atoms with Crippen LogP contribution in [0.25, 0.3) is 10.7 Å². The summed E-state index contributed by atoms with van der Waals surface area (Å²) in [6, 6.07) is 11.1. The van der Waals surface area contributed by atoms with Gasteiger partial charge in [-0.15, -0.1) is 11.3 Å². The number of aromatic nitrogens is 2. The highest BCUT2D eigenvalue weighted by atomic mass is 32.1. The Balaban J connectivity index is 1.35. The van der Waals surface area contributed by atoms with Crippen LogP contribution >= 0.6 is 11.3 Å². The number of para-hydroxylation sites is 1. The van der Waals surface area contributed by atoms with E-state index in [1.165, 1.54) is 11.3 Å². The van der Waals surface area contributed by atoms with Crippen molar-refractivity contribution < 1.29 is 14.1 Å². The number of anilines is 1. The van der Waals surface area contributed by atoms with Gasteiger partial charge in [-0.1, -0.05) is 23.4 Å². The smallest absolute Gasteiger partial charge is 0.253 e. The summed E-state index contributed by atoms with van der Waals surface area (Å²) in [5.74, 6) is 0.569. The minimum atomic E-state index is -0.211. The number of amides is 2. The predicted molar refractivity (Wildman–Crippen MR) is 101 cm³/mol. The van der Waals surface area contributed by atoms with Crippen molar-refractivity contribution in [1.82, 2.24) is 15.5 Å². The number of carbonyl (C=O) groups excluding carboxylic acids is 2. The number of nitrogens with zero attached hydrogens (tertiary/aromatic N) is 2. The lowest BCUT2D eigenvalue weighted by Crippen LogP contribution is -2.27. The number of hydrogen-bond donors (Lipinski definition) is 2. The SMILES string of the molecule is O=C(CCc1nc(-c2cccs2)no1)Nc1ccccc1C(=O)NC1CC1. The minimum Gasteiger partial charge on any atom is -0.349 e. The molecular weight excluding hydrogens is 364 g/mol. The summed E-state index contributed by atoms with van der Waals surface area (Å²) >= 11 is 1.53. The third-order valence-corrected chi connectivity index (χ3v) is 5.00. The molecule has 7 nitrogen and oxygen atoms in total. The molecule has 2 amide bonds. The lowest BCUT2D eigenvalue weighted by Gasteiger charge is -2.10. The Hall–Kier alpha value is -3.00. The molecule has 0 spiro atoms. The van der Waals surface area contributed by atoms with Crippen molar-refractivity contribution >= 4 is 28.8 Å². The average molecular weight is 382 g/mol. The van der Waals surface area contributed by atoms with Crippen molar-refractivity contribution in [3.05, 3.63) is 53.2 Å².